The van der Waals surface area contributed by atoms with Crippen molar-refractivity contribution in [3.05, 3.63) is 34.4 Å². The Kier molecular flexibility index (Phi) is 6.36. The Hall–Kier alpha value is -2.15. The molecule has 138 valence electrons. The number of amides is 1. The number of nitro benzene ring substituents is 1. The number of hydrogen-bond acceptors (Lipinski definition) is 5. The van der Waals surface area contributed by atoms with E-state index in [9.17, 15) is 20.0 Å². The highest BCUT2D eigenvalue weighted by Gasteiger charge is 2.29. The summed E-state index contributed by atoms with van der Waals surface area (Å²) in [4.78, 5) is 25.1. The zero-order valence-electron chi connectivity index (χ0n) is 14.9. The van der Waals surface area contributed by atoms with Crippen LogP contribution in [0.15, 0.2) is 24.3 Å². The van der Waals surface area contributed by atoms with E-state index in [4.69, 9.17) is 0 Å². The van der Waals surface area contributed by atoms with Crippen LogP contribution in [0.1, 0.15) is 39.5 Å². The van der Waals surface area contributed by atoms with Crippen molar-refractivity contribution in [1.29, 1.82) is 0 Å². The second kappa shape index (κ2) is 8.29. The molecule has 25 heavy (non-hydrogen) atoms. The second-order valence-electron chi connectivity index (χ2n) is 6.66. The van der Waals surface area contributed by atoms with Crippen LogP contribution in [0.5, 0.6) is 0 Å². The number of carbonyl (C=O) groups is 1. The number of rotatable bonds is 7. The molecule has 0 unspecified atom stereocenters. The molecule has 1 heterocycles. The summed E-state index contributed by atoms with van der Waals surface area (Å²) in [6.45, 7) is 5.29. The fraction of sp³-hybridized carbons (Fsp3) is 0.611. The minimum Gasteiger partial charge on any atom is -0.388 e. The smallest absolute Gasteiger partial charge is 0.292 e. The molecule has 1 aliphatic heterocycles. The summed E-state index contributed by atoms with van der Waals surface area (Å²) in [7, 11) is 0. The minimum absolute atomic E-state index is 0.0393. The van der Waals surface area contributed by atoms with E-state index in [1.165, 1.54) is 6.07 Å². The Bertz CT molecular complexity index is 608. The highest BCUT2D eigenvalue weighted by Crippen LogP contribution is 2.31. The van der Waals surface area contributed by atoms with E-state index in [0.717, 1.165) is 0 Å². The van der Waals surface area contributed by atoms with Crippen LogP contribution in [0.3, 0.4) is 0 Å². The molecule has 1 saturated heterocycles. The van der Waals surface area contributed by atoms with Crippen molar-refractivity contribution in [2.24, 2.45) is 5.92 Å². The Morgan fingerprint density at radius 1 is 1.32 bits per heavy atom. The Balaban J connectivity index is 1.92. The highest BCUT2D eigenvalue weighted by atomic mass is 16.6. The average Bonchev–Trinajstić information content (AvgIpc) is 2.66. The maximum Gasteiger partial charge on any atom is 0.292 e. The lowest BCUT2D eigenvalue weighted by molar-refractivity contribution is -0.384. The van der Waals surface area contributed by atoms with E-state index in [-0.39, 0.29) is 29.0 Å². The van der Waals surface area contributed by atoms with Crippen LogP contribution in [0.25, 0.3) is 0 Å². The van der Waals surface area contributed by atoms with Crippen molar-refractivity contribution in [3.63, 3.8) is 0 Å². The molecule has 2 N–H and O–H groups in total. The number of hydrogen-bond donors (Lipinski definition) is 2. The van der Waals surface area contributed by atoms with Gasteiger partial charge in [-0.2, -0.15) is 0 Å². The first-order valence-electron chi connectivity index (χ1n) is 8.88. The predicted molar refractivity (Wildman–Crippen MR) is 96.6 cm³/mol. The van der Waals surface area contributed by atoms with E-state index >= 15 is 0 Å². The van der Waals surface area contributed by atoms with E-state index in [1.807, 2.05) is 18.7 Å². The first kappa shape index (κ1) is 19.2. The lowest BCUT2D eigenvalue weighted by Gasteiger charge is -2.33. The van der Waals surface area contributed by atoms with Gasteiger partial charge < -0.3 is 15.3 Å². The number of benzene rings is 1. The molecule has 0 aliphatic carbocycles. The Labute approximate surface area is 148 Å². The molecule has 1 aromatic carbocycles. The summed E-state index contributed by atoms with van der Waals surface area (Å²) in [5.41, 5.74) is -0.139. The first-order chi connectivity index (χ1) is 11.9. The van der Waals surface area contributed by atoms with Crippen LogP contribution in [0, 0.1) is 16.0 Å². The maximum absolute atomic E-state index is 12.3. The van der Waals surface area contributed by atoms with Crippen LogP contribution in [-0.2, 0) is 4.79 Å². The zero-order chi connectivity index (χ0) is 18.4. The SMILES string of the molecule is CCC(O)(CC)CNC(=O)C1CCN(c2ccccc2[N+](=O)[O-])CC1. The number of nitrogens with one attached hydrogen (secondary N) is 1. The van der Waals surface area contributed by atoms with Gasteiger partial charge in [0.1, 0.15) is 5.69 Å². The monoisotopic (exact) mass is 349 g/mol. The highest BCUT2D eigenvalue weighted by molar-refractivity contribution is 5.79. The number of anilines is 1. The number of para-hydroxylation sites is 2. The van der Waals surface area contributed by atoms with Crippen LogP contribution < -0.4 is 10.2 Å². The molecule has 1 amide bonds. The lowest BCUT2D eigenvalue weighted by atomic mass is 9.93. The normalized spacial score (nSPS) is 15.9. The fourth-order valence-electron chi connectivity index (χ4n) is 3.16. The maximum atomic E-state index is 12.3. The molecule has 0 spiro atoms. The van der Waals surface area contributed by atoms with Crippen molar-refractivity contribution in [2.45, 2.75) is 45.1 Å². The predicted octanol–water partition coefficient (Wildman–Crippen LogP) is 2.48. The molecule has 0 radical (unpaired) electrons. The van der Waals surface area contributed by atoms with Gasteiger partial charge in [-0.05, 0) is 31.7 Å². The van der Waals surface area contributed by atoms with Gasteiger partial charge in [0.2, 0.25) is 5.91 Å². The Morgan fingerprint density at radius 2 is 1.92 bits per heavy atom. The third-order valence-corrected chi connectivity index (χ3v) is 5.19. The summed E-state index contributed by atoms with van der Waals surface area (Å²) in [6.07, 6.45) is 2.49. The van der Waals surface area contributed by atoms with Crippen LogP contribution in [-0.4, -0.2) is 41.2 Å². The number of carbonyl (C=O) groups excluding carboxylic acids is 1. The van der Waals surface area contributed by atoms with Crippen LogP contribution in [0.4, 0.5) is 11.4 Å². The largest absolute Gasteiger partial charge is 0.388 e. The molecule has 1 aliphatic rings. The molecule has 0 atom stereocenters. The number of nitro groups is 1. The van der Waals surface area contributed by atoms with E-state index in [0.29, 0.717) is 44.5 Å². The van der Waals surface area contributed by atoms with Gasteiger partial charge in [0.05, 0.1) is 10.5 Å². The van der Waals surface area contributed by atoms with E-state index < -0.39 is 5.60 Å². The van der Waals surface area contributed by atoms with E-state index in [2.05, 4.69) is 5.32 Å². The molecule has 0 aromatic heterocycles. The van der Waals surface area contributed by atoms with Gasteiger partial charge >= 0.3 is 0 Å². The van der Waals surface area contributed by atoms with Crippen LogP contribution in [0.2, 0.25) is 0 Å². The Morgan fingerprint density at radius 3 is 2.48 bits per heavy atom. The zero-order valence-corrected chi connectivity index (χ0v) is 14.9. The van der Waals surface area contributed by atoms with Crippen LogP contribution >= 0.6 is 0 Å². The van der Waals surface area contributed by atoms with Crippen molar-refractivity contribution in [2.75, 3.05) is 24.5 Å². The number of aliphatic hydroxyl groups is 1. The summed E-state index contributed by atoms with van der Waals surface area (Å²) >= 11 is 0. The average molecular weight is 349 g/mol. The third-order valence-electron chi connectivity index (χ3n) is 5.19. The first-order valence-corrected chi connectivity index (χ1v) is 8.88. The van der Waals surface area contributed by atoms with Gasteiger partial charge in [0.15, 0.2) is 0 Å². The van der Waals surface area contributed by atoms with Gasteiger partial charge in [-0.3, -0.25) is 14.9 Å². The summed E-state index contributed by atoms with van der Waals surface area (Å²) < 4.78 is 0. The molecular weight excluding hydrogens is 322 g/mol. The van der Waals surface area contributed by atoms with Gasteiger partial charge in [-0.1, -0.05) is 26.0 Å². The van der Waals surface area contributed by atoms with Gasteiger partial charge in [-0.25, -0.2) is 0 Å². The third kappa shape index (κ3) is 4.69. The molecule has 2 rings (SSSR count). The van der Waals surface area contributed by atoms with Gasteiger partial charge in [0.25, 0.3) is 5.69 Å². The van der Waals surface area contributed by atoms with Crippen molar-refractivity contribution in [3.8, 4) is 0 Å². The molecular formula is C18H27N3O4. The standard InChI is InChI=1S/C18H27N3O4/c1-3-18(23,4-2)13-19-17(22)14-9-11-20(12-10-14)15-7-5-6-8-16(15)21(24)25/h5-8,14,23H,3-4,9-13H2,1-2H3,(H,19,22). The molecule has 7 nitrogen and oxygen atoms in total. The molecule has 7 heteroatoms. The topological polar surface area (TPSA) is 95.7 Å². The summed E-state index contributed by atoms with van der Waals surface area (Å²) in [5, 5.41) is 24.3. The quantitative estimate of drug-likeness (QED) is 0.582. The minimum atomic E-state index is -0.846. The summed E-state index contributed by atoms with van der Waals surface area (Å²) in [5.74, 6) is -0.153. The van der Waals surface area contributed by atoms with Crippen molar-refractivity contribution in [1.82, 2.24) is 5.32 Å². The number of piperidine rings is 1. The second-order valence-corrected chi connectivity index (χ2v) is 6.66. The van der Waals surface area contributed by atoms with Gasteiger partial charge in [0, 0.05) is 31.6 Å². The van der Waals surface area contributed by atoms with Gasteiger partial charge in [-0.15, -0.1) is 0 Å². The number of nitrogens with zero attached hydrogens (tertiary/aromatic N) is 2. The fourth-order valence-corrected chi connectivity index (χ4v) is 3.16. The van der Waals surface area contributed by atoms with Crippen molar-refractivity contribution >= 4 is 17.3 Å². The molecule has 0 saturated carbocycles. The summed E-state index contributed by atoms with van der Waals surface area (Å²) in [6, 6.07) is 6.70. The molecule has 1 fully saturated rings. The molecule has 1 aromatic rings. The van der Waals surface area contributed by atoms with Crippen molar-refractivity contribution < 1.29 is 14.8 Å². The molecule has 0 bridgehead atoms. The lowest BCUT2D eigenvalue weighted by Crippen LogP contribution is -2.46. The van der Waals surface area contributed by atoms with E-state index in [1.54, 1.807) is 18.2 Å².